The molecular weight excluding hydrogens is 214 g/mol. The summed E-state index contributed by atoms with van der Waals surface area (Å²) in [7, 11) is 0. The van der Waals surface area contributed by atoms with Gasteiger partial charge in [0.15, 0.2) is 6.29 Å². The third-order valence-electron chi connectivity index (χ3n) is 1.91. The molecule has 1 aromatic heterocycles. The first-order valence-corrected chi connectivity index (χ1v) is 4.32. The van der Waals surface area contributed by atoms with E-state index in [1.54, 1.807) is 0 Å². The van der Waals surface area contributed by atoms with Crippen molar-refractivity contribution >= 4 is 24.3 Å². The number of aldehydes is 1. The van der Waals surface area contributed by atoms with Crippen LogP contribution in [-0.2, 0) is 16.0 Å². The molecule has 0 amide bonds. The molecule has 0 radical (unpaired) electrons. The van der Waals surface area contributed by atoms with Gasteiger partial charge in [-0.3, -0.25) is 9.59 Å². The highest BCUT2D eigenvalue weighted by Crippen LogP contribution is 2.15. The maximum atomic E-state index is 10.6. The van der Waals surface area contributed by atoms with Gasteiger partial charge in [0.2, 0.25) is 0 Å². The molecule has 6 heteroatoms. The summed E-state index contributed by atoms with van der Waals surface area (Å²) >= 11 is 0. The first kappa shape index (κ1) is 11.7. The zero-order chi connectivity index (χ0) is 12.1. The standard InChI is InChI=1S/C10H9NO5/c12-5-8-7(3-10(15)16)6(4-11-8)1-2-9(13)14/h1-2,4-5,11H,3H2,(H,13,14)(H,15,16)/b2-1+. The molecule has 1 heterocycles. The fourth-order valence-corrected chi connectivity index (χ4v) is 1.25. The average Bonchev–Trinajstić information content (AvgIpc) is 2.56. The van der Waals surface area contributed by atoms with Crippen LogP contribution in [0.4, 0.5) is 0 Å². The van der Waals surface area contributed by atoms with Gasteiger partial charge in [-0.2, -0.15) is 0 Å². The van der Waals surface area contributed by atoms with Crippen LogP contribution in [-0.4, -0.2) is 33.4 Å². The number of carboxylic acids is 2. The summed E-state index contributed by atoms with van der Waals surface area (Å²) in [5, 5.41) is 17.1. The maximum Gasteiger partial charge on any atom is 0.328 e. The van der Waals surface area contributed by atoms with Crippen LogP contribution >= 0.6 is 0 Å². The highest BCUT2D eigenvalue weighted by molar-refractivity contribution is 5.88. The Labute approximate surface area is 90.2 Å². The van der Waals surface area contributed by atoms with Crippen LogP contribution in [0.5, 0.6) is 0 Å². The zero-order valence-corrected chi connectivity index (χ0v) is 8.14. The maximum absolute atomic E-state index is 10.6. The summed E-state index contributed by atoms with van der Waals surface area (Å²) in [4.78, 5) is 34.0. The number of carbonyl (C=O) groups excluding carboxylic acids is 1. The van der Waals surface area contributed by atoms with Crippen molar-refractivity contribution in [2.75, 3.05) is 0 Å². The largest absolute Gasteiger partial charge is 0.481 e. The normalized spacial score (nSPS) is 10.5. The summed E-state index contributed by atoms with van der Waals surface area (Å²) in [5.74, 6) is -2.23. The van der Waals surface area contributed by atoms with Gasteiger partial charge in [0.05, 0.1) is 12.1 Å². The van der Waals surface area contributed by atoms with Crippen molar-refractivity contribution in [2.45, 2.75) is 6.42 Å². The fourth-order valence-electron chi connectivity index (χ4n) is 1.25. The van der Waals surface area contributed by atoms with Crippen molar-refractivity contribution in [3.8, 4) is 0 Å². The Bertz CT molecular complexity index is 458. The predicted molar refractivity (Wildman–Crippen MR) is 54.2 cm³/mol. The van der Waals surface area contributed by atoms with Crippen LogP contribution in [0.2, 0.25) is 0 Å². The number of hydrogen-bond acceptors (Lipinski definition) is 3. The number of carbonyl (C=O) groups is 3. The Balaban J connectivity index is 3.08. The van der Waals surface area contributed by atoms with Crippen molar-refractivity contribution in [1.29, 1.82) is 0 Å². The number of rotatable bonds is 5. The van der Waals surface area contributed by atoms with Crippen LogP contribution in [0, 0.1) is 0 Å². The number of H-pyrrole nitrogens is 1. The van der Waals surface area contributed by atoms with Gasteiger partial charge in [0.1, 0.15) is 0 Å². The molecule has 1 aromatic rings. The molecule has 0 aliphatic heterocycles. The highest BCUT2D eigenvalue weighted by Gasteiger charge is 2.12. The van der Waals surface area contributed by atoms with Gasteiger partial charge in [-0.05, 0) is 17.2 Å². The Morgan fingerprint density at radius 2 is 2.06 bits per heavy atom. The topological polar surface area (TPSA) is 107 Å². The Kier molecular flexibility index (Phi) is 3.60. The molecule has 16 heavy (non-hydrogen) atoms. The molecule has 0 spiro atoms. The van der Waals surface area contributed by atoms with Gasteiger partial charge in [0, 0.05) is 12.3 Å². The number of aromatic amines is 1. The highest BCUT2D eigenvalue weighted by atomic mass is 16.4. The lowest BCUT2D eigenvalue weighted by Gasteiger charge is -1.96. The lowest BCUT2D eigenvalue weighted by Crippen LogP contribution is -2.03. The Morgan fingerprint density at radius 1 is 1.38 bits per heavy atom. The van der Waals surface area contributed by atoms with Crippen molar-refractivity contribution < 1.29 is 24.6 Å². The number of aromatic nitrogens is 1. The predicted octanol–water partition coefficient (Wildman–Crippen LogP) is 0.552. The molecule has 1 rings (SSSR count). The van der Waals surface area contributed by atoms with E-state index in [9.17, 15) is 14.4 Å². The molecule has 3 N–H and O–H groups in total. The summed E-state index contributed by atoms with van der Waals surface area (Å²) in [6.45, 7) is 0. The van der Waals surface area contributed by atoms with E-state index in [0.717, 1.165) is 6.08 Å². The fraction of sp³-hybridized carbons (Fsp3) is 0.100. The average molecular weight is 223 g/mol. The smallest absolute Gasteiger partial charge is 0.328 e. The van der Waals surface area contributed by atoms with Gasteiger partial charge in [-0.1, -0.05) is 0 Å². The summed E-state index contributed by atoms with van der Waals surface area (Å²) in [5.41, 5.74) is 0.805. The van der Waals surface area contributed by atoms with E-state index in [4.69, 9.17) is 10.2 Å². The molecule has 84 valence electrons. The van der Waals surface area contributed by atoms with E-state index in [1.807, 2.05) is 0 Å². The summed E-state index contributed by atoms with van der Waals surface area (Å²) in [6.07, 6.45) is 3.67. The molecule has 6 nitrogen and oxygen atoms in total. The number of aliphatic carboxylic acids is 2. The van der Waals surface area contributed by atoms with Crippen molar-refractivity contribution in [1.82, 2.24) is 4.98 Å². The summed E-state index contributed by atoms with van der Waals surface area (Å²) in [6, 6.07) is 0. The second-order valence-corrected chi connectivity index (χ2v) is 3.00. The van der Waals surface area contributed by atoms with Gasteiger partial charge >= 0.3 is 11.9 Å². The first-order valence-electron chi connectivity index (χ1n) is 4.32. The van der Waals surface area contributed by atoms with Crippen LogP contribution in [0.1, 0.15) is 21.6 Å². The molecule has 0 unspecified atom stereocenters. The monoisotopic (exact) mass is 223 g/mol. The third kappa shape index (κ3) is 2.81. The van der Waals surface area contributed by atoms with Gasteiger partial charge in [0.25, 0.3) is 0 Å². The van der Waals surface area contributed by atoms with Crippen LogP contribution in [0.15, 0.2) is 12.3 Å². The van der Waals surface area contributed by atoms with E-state index < -0.39 is 11.9 Å². The van der Waals surface area contributed by atoms with Crippen molar-refractivity contribution in [3.05, 3.63) is 29.1 Å². The molecule has 0 saturated heterocycles. The molecule has 0 saturated carbocycles. The Hall–Kier alpha value is -2.37. The quantitative estimate of drug-likeness (QED) is 0.499. The minimum absolute atomic E-state index is 0.146. The summed E-state index contributed by atoms with van der Waals surface area (Å²) < 4.78 is 0. The first-order chi connectivity index (χ1) is 7.54. The van der Waals surface area contributed by atoms with Crippen LogP contribution in [0.25, 0.3) is 6.08 Å². The van der Waals surface area contributed by atoms with Gasteiger partial charge in [-0.15, -0.1) is 0 Å². The molecule has 0 atom stereocenters. The number of hydrogen-bond donors (Lipinski definition) is 3. The minimum Gasteiger partial charge on any atom is -0.481 e. The van der Waals surface area contributed by atoms with Gasteiger partial charge < -0.3 is 15.2 Å². The van der Waals surface area contributed by atoms with Crippen molar-refractivity contribution in [2.24, 2.45) is 0 Å². The Morgan fingerprint density at radius 3 is 2.56 bits per heavy atom. The number of nitrogens with one attached hydrogen (secondary N) is 1. The third-order valence-corrected chi connectivity index (χ3v) is 1.91. The molecule has 0 aliphatic carbocycles. The number of carboxylic acid groups (broad SMARTS) is 2. The lowest BCUT2D eigenvalue weighted by molar-refractivity contribution is -0.136. The van der Waals surface area contributed by atoms with Gasteiger partial charge in [-0.25, -0.2) is 4.79 Å². The molecule has 0 bridgehead atoms. The van der Waals surface area contributed by atoms with E-state index in [-0.39, 0.29) is 17.7 Å². The lowest BCUT2D eigenvalue weighted by atomic mass is 10.1. The molecule has 0 aromatic carbocycles. The van der Waals surface area contributed by atoms with E-state index in [0.29, 0.717) is 11.8 Å². The van der Waals surface area contributed by atoms with Crippen LogP contribution in [0.3, 0.4) is 0 Å². The second-order valence-electron chi connectivity index (χ2n) is 3.00. The second kappa shape index (κ2) is 4.92. The molecule has 0 aliphatic rings. The van der Waals surface area contributed by atoms with Crippen LogP contribution < -0.4 is 0 Å². The van der Waals surface area contributed by atoms with E-state index in [1.165, 1.54) is 12.3 Å². The zero-order valence-electron chi connectivity index (χ0n) is 8.14. The SMILES string of the molecule is O=Cc1[nH]cc(/C=C/C(=O)O)c1CC(=O)O. The minimum atomic E-state index is -1.14. The van der Waals surface area contributed by atoms with Crippen molar-refractivity contribution in [3.63, 3.8) is 0 Å². The van der Waals surface area contributed by atoms with E-state index >= 15 is 0 Å². The molecule has 0 fully saturated rings. The van der Waals surface area contributed by atoms with E-state index in [2.05, 4.69) is 4.98 Å². The molecular formula is C10H9NO5.